The molecule has 4 heteroatoms. The van der Waals surface area contributed by atoms with Gasteiger partial charge in [-0.25, -0.2) is 4.79 Å². The monoisotopic (exact) mass is 400 g/mol. The zero-order valence-corrected chi connectivity index (χ0v) is 18.4. The molecule has 0 spiro atoms. The molecule has 4 rings (SSSR count). The molecule has 160 valence electrons. The second-order valence-corrected chi connectivity index (χ2v) is 10.2. The molecule has 1 unspecified atom stereocenters. The third-order valence-electron chi connectivity index (χ3n) is 8.84. The molecule has 4 aliphatic rings. The van der Waals surface area contributed by atoms with Crippen LogP contribution in [-0.2, 0) is 14.3 Å². The van der Waals surface area contributed by atoms with Gasteiger partial charge in [-0.2, -0.15) is 0 Å². The summed E-state index contributed by atoms with van der Waals surface area (Å²) >= 11 is 0. The SMILES string of the molecule is CC1=CCC[C@@H]2[C@@](C)(CCC3=CC[C@H](C4=CC(=O)OC4O)OC3)[C@@H](C)CC[C@@]12C. The summed E-state index contributed by atoms with van der Waals surface area (Å²) in [6.45, 7) is 10.4. The van der Waals surface area contributed by atoms with Gasteiger partial charge in [0.15, 0.2) is 0 Å². The molecular formula is C25H36O4. The molecule has 0 aromatic heterocycles. The molecule has 0 bridgehead atoms. The molecule has 1 saturated carbocycles. The first-order valence-electron chi connectivity index (χ1n) is 11.3. The Bertz CT molecular complexity index is 763. The number of fused-ring (bicyclic) bond motifs is 1. The Labute approximate surface area is 175 Å². The van der Waals surface area contributed by atoms with Gasteiger partial charge in [0, 0.05) is 11.6 Å². The fraction of sp³-hybridized carbons (Fsp3) is 0.720. The fourth-order valence-electron chi connectivity index (χ4n) is 6.45. The van der Waals surface area contributed by atoms with E-state index in [4.69, 9.17) is 9.47 Å². The Hall–Kier alpha value is -1.39. The van der Waals surface area contributed by atoms with Crippen LogP contribution < -0.4 is 0 Å². The maximum absolute atomic E-state index is 11.3. The van der Waals surface area contributed by atoms with E-state index < -0.39 is 12.3 Å². The van der Waals surface area contributed by atoms with Crippen LogP contribution in [0.2, 0.25) is 0 Å². The average molecular weight is 401 g/mol. The van der Waals surface area contributed by atoms with Crippen LogP contribution >= 0.6 is 0 Å². The van der Waals surface area contributed by atoms with Gasteiger partial charge in [-0.05, 0) is 80.1 Å². The smallest absolute Gasteiger partial charge is 0.333 e. The lowest BCUT2D eigenvalue weighted by molar-refractivity contribution is -0.152. The minimum Gasteiger partial charge on any atom is -0.429 e. The highest BCUT2D eigenvalue weighted by Crippen LogP contribution is 2.61. The highest BCUT2D eigenvalue weighted by atomic mass is 16.6. The zero-order valence-electron chi connectivity index (χ0n) is 18.4. The molecule has 2 heterocycles. The van der Waals surface area contributed by atoms with Crippen LogP contribution in [-0.4, -0.2) is 30.1 Å². The Morgan fingerprint density at radius 2 is 2.03 bits per heavy atom. The summed E-state index contributed by atoms with van der Waals surface area (Å²) in [5, 5.41) is 9.85. The van der Waals surface area contributed by atoms with E-state index in [2.05, 4.69) is 39.8 Å². The Balaban J connectivity index is 1.42. The minimum atomic E-state index is -1.15. The molecule has 2 aliphatic carbocycles. The largest absolute Gasteiger partial charge is 0.429 e. The van der Waals surface area contributed by atoms with Gasteiger partial charge >= 0.3 is 5.97 Å². The first-order chi connectivity index (χ1) is 13.7. The van der Waals surface area contributed by atoms with E-state index in [-0.39, 0.29) is 6.10 Å². The van der Waals surface area contributed by atoms with Crippen molar-refractivity contribution in [3.05, 3.63) is 34.9 Å². The van der Waals surface area contributed by atoms with Crippen molar-refractivity contribution in [3.8, 4) is 0 Å². The molecule has 0 saturated heterocycles. The maximum Gasteiger partial charge on any atom is 0.333 e. The van der Waals surface area contributed by atoms with Crippen molar-refractivity contribution < 1.29 is 19.4 Å². The molecule has 1 fully saturated rings. The van der Waals surface area contributed by atoms with E-state index in [1.807, 2.05) is 0 Å². The first-order valence-corrected chi connectivity index (χ1v) is 11.3. The number of esters is 1. The normalized spacial score (nSPS) is 42.5. The van der Waals surface area contributed by atoms with Crippen molar-refractivity contribution in [2.75, 3.05) is 6.61 Å². The summed E-state index contributed by atoms with van der Waals surface area (Å²) in [6.07, 6.45) is 12.8. The molecule has 29 heavy (non-hydrogen) atoms. The summed E-state index contributed by atoms with van der Waals surface area (Å²) in [6, 6.07) is 0. The lowest BCUT2D eigenvalue weighted by atomic mass is 9.47. The Kier molecular flexibility index (Phi) is 5.54. The van der Waals surface area contributed by atoms with Crippen molar-refractivity contribution in [2.45, 2.75) is 85.0 Å². The molecule has 2 aliphatic heterocycles. The predicted octanol–water partition coefficient (Wildman–Crippen LogP) is 5.08. The van der Waals surface area contributed by atoms with Crippen LogP contribution in [0.15, 0.2) is 34.9 Å². The summed E-state index contributed by atoms with van der Waals surface area (Å²) in [5.74, 6) is 1.01. The van der Waals surface area contributed by atoms with Crippen molar-refractivity contribution in [2.24, 2.45) is 22.7 Å². The maximum atomic E-state index is 11.3. The number of carbonyl (C=O) groups is 1. The van der Waals surface area contributed by atoms with Crippen LogP contribution in [0.25, 0.3) is 0 Å². The van der Waals surface area contributed by atoms with E-state index in [1.54, 1.807) is 5.57 Å². The molecule has 0 radical (unpaired) electrons. The van der Waals surface area contributed by atoms with Gasteiger partial charge in [0.2, 0.25) is 6.29 Å². The molecule has 0 aromatic rings. The van der Waals surface area contributed by atoms with Crippen LogP contribution in [0.5, 0.6) is 0 Å². The van der Waals surface area contributed by atoms with Crippen LogP contribution in [0.4, 0.5) is 0 Å². The third-order valence-corrected chi connectivity index (χ3v) is 8.84. The van der Waals surface area contributed by atoms with Gasteiger partial charge in [0.1, 0.15) is 0 Å². The quantitative estimate of drug-likeness (QED) is 0.528. The number of aliphatic hydroxyl groups excluding tert-OH is 1. The van der Waals surface area contributed by atoms with E-state index in [9.17, 15) is 9.90 Å². The third kappa shape index (κ3) is 3.63. The van der Waals surface area contributed by atoms with Crippen molar-refractivity contribution in [3.63, 3.8) is 0 Å². The molecular weight excluding hydrogens is 364 g/mol. The standard InChI is InChI=1S/C25H36O4/c1-16-6-5-7-21-24(16,3)12-10-17(2)25(21,4)13-11-18-8-9-20(28-15-18)19-14-22(26)29-23(19)27/h6,8,14,17,20-21,23,27H,5,7,9-13,15H2,1-4H3/t17-,20+,21-,23?,24-,25-/m0/s1. The number of ether oxygens (including phenoxy) is 2. The molecule has 6 atom stereocenters. The fourth-order valence-corrected chi connectivity index (χ4v) is 6.45. The van der Waals surface area contributed by atoms with Gasteiger partial charge in [-0.1, -0.05) is 38.5 Å². The number of hydrogen-bond donors (Lipinski definition) is 1. The van der Waals surface area contributed by atoms with E-state index in [0.29, 0.717) is 29.4 Å². The number of hydrogen-bond acceptors (Lipinski definition) is 4. The number of cyclic esters (lactones) is 1. The topological polar surface area (TPSA) is 55.8 Å². The molecule has 0 aromatic carbocycles. The number of carbonyl (C=O) groups excluding carboxylic acids is 1. The number of rotatable bonds is 4. The minimum absolute atomic E-state index is 0.251. The van der Waals surface area contributed by atoms with E-state index in [1.165, 1.54) is 43.8 Å². The van der Waals surface area contributed by atoms with Crippen molar-refractivity contribution >= 4 is 5.97 Å². The molecule has 0 amide bonds. The lowest BCUT2D eigenvalue weighted by Gasteiger charge is -2.58. The van der Waals surface area contributed by atoms with Gasteiger partial charge < -0.3 is 14.6 Å². The van der Waals surface area contributed by atoms with Crippen molar-refractivity contribution in [1.82, 2.24) is 0 Å². The predicted molar refractivity (Wildman–Crippen MR) is 113 cm³/mol. The van der Waals surface area contributed by atoms with Gasteiger partial charge in [0.25, 0.3) is 0 Å². The van der Waals surface area contributed by atoms with Gasteiger partial charge in [0.05, 0.1) is 12.7 Å². The van der Waals surface area contributed by atoms with E-state index in [0.717, 1.165) is 18.3 Å². The van der Waals surface area contributed by atoms with E-state index >= 15 is 0 Å². The summed E-state index contributed by atoms with van der Waals surface area (Å²) in [4.78, 5) is 11.3. The molecule has 4 nitrogen and oxygen atoms in total. The highest BCUT2D eigenvalue weighted by molar-refractivity contribution is 5.85. The Morgan fingerprint density at radius 1 is 1.24 bits per heavy atom. The van der Waals surface area contributed by atoms with Gasteiger partial charge in [-0.15, -0.1) is 0 Å². The summed E-state index contributed by atoms with van der Waals surface area (Å²) in [5.41, 5.74) is 4.23. The number of allylic oxidation sites excluding steroid dienone is 2. The Morgan fingerprint density at radius 3 is 2.69 bits per heavy atom. The average Bonchev–Trinajstić information content (AvgIpc) is 3.04. The summed E-state index contributed by atoms with van der Waals surface area (Å²) in [7, 11) is 0. The molecule has 1 N–H and O–H groups in total. The summed E-state index contributed by atoms with van der Waals surface area (Å²) < 4.78 is 10.8. The second kappa shape index (κ2) is 7.70. The van der Waals surface area contributed by atoms with Crippen LogP contribution in [0.1, 0.15) is 72.6 Å². The van der Waals surface area contributed by atoms with Gasteiger partial charge in [-0.3, -0.25) is 0 Å². The number of aliphatic hydroxyl groups is 1. The first kappa shape index (κ1) is 20.9. The van der Waals surface area contributed by atoms with Crippen LogP contribution in [0.3, 0.4) is 0 Å². The highest BCUT2D eigenvalue weighted by Gasteiger charge is 2.52. The lowest BCUT2D eigenvalue weighted by Crippen LogP contribution is -2.49. The van der Waals surface area contributed by atoms with Crippen LogP contribution in [0, 0.1) is 22.7 Å². The second-order valence-electron chi connectivity index (χ2n) is 10.2. The van der Waals surface area contributed by atoms with Crippen molar-refractivity contribution in [1.29, 1.82) is 0 Å². The zero-order chi connectivity index (χ0) is 20.8.